The number of hydrogen-bond donors (Lipinski definition) is 1. The summed E-state index contributed by atoms with van der Waals surface area (Å²) in [7, 11) is 0. The fourth-order valence-corrected chi connectivity index (χ4v) is 5.09. The van der Waals surface area contributed by atoms with Gasteiger partial charge in [0.1, 0.15) is 22.5 Å². The summed E-state index contributed by atoms with van der Waals surface area (Å²) in [5, 5.41) is 12.3. The third-order valence-electron chi connectivity index (χ3n) is 5.22. The molecule has 8 heteroatoms. The number of nitrogens with zero attached hydrogens (tertiary/aromatic N) is 2. The van der Waals surface area contributed by atoms with Crippen molar-refractivity contribution in [2.45, 2.75) is 18.2 Å². The average molecular weight is 536 g/mol. The van der Waals surface area contributed by atoms with Gasteiger partial charge in [-0.2, -0.15) is 5.26 Å². The van der Waals surface area contributed by atoms with Crippen LogP contribution in [-0.4, -0.2) is 17.1 Å². The molecule has 1 fully saturated rings. The Labute approximate surface area is 209 Å². The number of hydrogen-bond acceptors (Lipinski definition) is 4. The molecule has 3 aromatic carbocycles. The highest BCUT2D eigenvalue weighted by Gasteiger charge is 2.40. The predicted molar refractivity (Wildman–Crippen MR) is 134 cm³/mol. The number of carbonyl (C=O) groups is 2. The van der Waals surface area contributed by atoms with Crippen LogP contribution < -0.4 is 10.2 Å². The Balaban J connectivity index is 1.66. The molecule has 1 aliphatic heterocycles. The molecule has 0 aliphatic carbocycles. The summed E-state index contributed by atoms with van der Waals surface area (Å²) in [6.45, 7) is 0.246. The number of benzene rings is 3. The third-order valence-corrected chi connectivity index (χ3v) is 7.01. The van der Waals surface area contributed by atoms with Gasteiger partial charge in [-0.3, -0.25) is 14.5 Å². The first-order chi connectivity index (χ1) is 16.5. The molecule has 1 atom stereocenters. The molecule has 0 spiro atoms. The van der Waals surface area contributed by atoms with Crippen LogP contribution in [0.5, 0.6) is 0 Å². The maximum absolute atomic E-state index is 13.5. The second-order valence-electron chi connectivity index (χ2n) is 7.55. The van der Waals surface area contributed by atoms with Crippen LogP contribution in [-0.2, 0) is 22.6 Å². The molecule has 4 rings (SSSR count). The van der Waals surface area contributed by atoms with Gasteiger partial charge in [0.2, 0.25) is 5.91 Å². The van der Waals surface area contributed by atoms with E-state index in [0.717, 1.165) is 15.6 Å². The van der Waals surface area contributed by atoms with E-state index in [4.69, 9.17) is 0 Å². The summed E-state index contributed by atoms with van der Waals surface area (Å²) in [5.74, 6) is -1.28. The van der Waals surface area contributed by atoms with E-state index >= 15 is 0 Å². The van der Waals surface area contributed by atoms with Crippen molar-refractivity contribution in [3.8, 4) is 6.07 Å². The molecule has 1 saturated heterocycles. The van der Waals surface area contributed by atoms with E-state index in [1.165, 1.54) is 40.9 Å². The maximum Gasteiger partial charge on any atom is 0.264 e. The number of nitrogens with one attached hydrogen (secondary N) is 1. The van der Waals surface area contributed by atoms with Crippen molar-refractivity contribution >= 4 is 45.2 Å². The van der Waals surface area contributed by atoms with Crippen LogP contribution in [0, 0.1) is 17.1 Å². The van der Waals surface area contributed by atoms with Crippen molar-refractivity contribution in [2.24, 2.45) is 0 Å². The minimum Gasteiger partial charge on any atom is -0.347 e. The molecule has 3 aromatic rings. The minimum atomic E-state index is -0.571. The number of anilines is 1. The second-order valence-corrected chi connectivity index (χ2v) is 9.65. The molecule has 0 saturated carbocycles. The smallest absolute Gasteiger partial charge is 0.264 e. The van der Waals surface area contributed by atoms with Gasteiger partial charge in [0.05, 0.1) is 5.25 Å². The lowest BCUT2D eigenvalue weighted by molar-refractivity contribution is -0.117. The maximum atomic E-state index is 13.5. The van der Waals surface area contributed by atoms with Gasteiger partial charge in [0.15, 0.2) is 0 Å². The van der Waals surface area contributed by atoms with Crippen LogP contribution in [0.1, 0.15) is 11.1 Å². The molecule has 2 amide bonds. The summed E-state index contributed by atoms with van der Waals surface area (Å²) in [6.07, 6.45) is 0.419. The van der Waals surface area contributed by atoms with Crippen LogP contribution in [0.4, 0.5) is 10.1 Å². The molecular weight excluding hydrogens is 517 g/mol. The van der Waals surface area contributed by atoms with Crippen LogP contribution in [0.3, 0.4) is 0 Å². The highest BCUT2D eigenvalue weighted by atomic mass is 79.9. The Kier molecular flexibility index (Phi) is 7.46. The van der Waals surface area contributed by atoms with Gasteiger partial charge in [-0.25, -0.2) is 4.39 Å². The molecule has 0 bridgehead atoms. The van der Waals surface area contributed by atoms with Crippen molar-refractivity contribution in [3.05, 3.63) is 111 Å². The summed E-state index contributed by atoms with van der Waals surface area (Å²) in [6, 6.07) is 24.3. The van der Waals surface area contributed by atoms with Crippen LogP contribution in [0.2, 0.25) is 0 Å². The van der Waals surface area contributed by atoms with Crippen molar-refractivity contribution in [1.29, 1.82) is 5.26 Å². The topological polar surface area (TPSA) is 73.2 Å². The van der Waals surface area contributed by atoms with Gasteiger partial charge < -0.3 is 5.32 Å². The summed E-state index contributed by atoms with van der Waals surface area (Å²) >= 11 is 4.58. The van der Waals surface area contributed by atoms with Crippen LogP contribution in [0.15, 0.2) is 93.9 Å². The van der Waals surface area contributed by atoms with E-state index in [1.54, 1.807) is 0 Å². The normalized spacial score (nSPS) is 16.8. The van der Waals surface area contributed by atoms with E-state index in [1.807, 2.05) is 60.7 Å². The number of thioether (sulfide) groups is 1. The number of amides is 2. The number of halogens is 2. The third kappa shape index (κ3) is 5.38. The molecule has 1 N–H and O–H groups in total. The quantitative estimate of drug-likeness (QED) is 0.342. The molecular formula is C26H19BrFN3O2S. The van der Waals surface area contributed by atoms with Crippen molar-refractivity contribution in [1.82, 2.24) is 5.32 Å². The molecule has 0 radical (unpaired) electrons. The lowest BCUT2D eigenvalue weighted by Crippen LogP contribution is -2.32. The molecule has 1 heterocycles. The van der Waals surface area contributed by atoms with Gasteiger partial charge >= 0.3 is 0 Å². The largest absolute Gasteiger partial charge is 0.347 e. The zero-order valence-electron chi connectivity index (χ0n) is 17.9. The van der Waals surface area contributed by atoms with E-state index in [9.17, 15) is 19.2 Å². The van der Waals surface area contributed by atoms with Crippen molar-refractivity contribution in [3.63, 3.8) is 0 Å². The first kappa shape index (κ1) is 23.7. The van der Waals surface area contributed by atoms with Gasteiger partial charge in [0.25, 0.3) is 5.91 Å². The zero-order chi connectivity index (χ0) is 24.1. The Morgan fingerprint density at radius 2 is 1.71 bits per heavy atom. The Morgan fingerprint density at radius 3 is 2.35 bits per heavy atom. The van der Waals surface area contributed by atoms with Gasteiger partial charge in [-0.1, -0.05) is 70.2 Å². The Morgan fingerprint density at radius 1 is 1.03 bits per heavy atom. The molecule has 1 unspecified atom stereocenters. The van der Waals surface area contributed by atoms with Gasteiger partial charge in [-0.05, 0) is 53.9 Å². The second kappa shape index (κ2) is 10.7. The molecule has 170 valence electrons. The summed E-state index contributed by atoms with van der Waals surface area (Å²) in [5.41, 5.74) is 2.07. The van der Waals surface area contributed by atoms with Gasteiger partial charge in [0, 0.05) is 16.7 Å². The first-order valence-corrected chi connectivity index (χ1v) is 12.1. The number of nitriles is 1. The molecule has 34 heavy (non-hydrogen) atoms. The lowest BCUT2D eigenvalue weighted by Gasteiger charge is -2.18. The molecule has 0 aromatic heterocycles. The van der Waals surface area contributed by atoms with E-state index < -0.39 is 17.0 Å². The average Bonchev–Trinajstić information content (AvgIpc) is 3.16. The zero-order valence-corrected chi connectivity index (χ0v) is 20.3. The minimum absolute atomic E-state index is 0.156. The lowest BCUT2D eigenvalue weighted by atomic mass is 10.1. The monoisotopic (exact) mass is 535 g/mol. The van der Waals surface area contributed by atoms with E-state index in [2.05, 4.69) is 21.2 Å². The Hall–Kier alpha value is -3.41. The molecule has 1 aliphatic rings. The highest BCUT2D eigenvalue weighted by Crippen LogP contribution is 2.42. The van der Waals surface area contributed by atoms with Crippen LogP contribution >= 0.6 is 27.7 Å². The van der Waals surface area contributed by atoms with Crippen molar-refractivity contribution < 1.29 is 14.0 Å². The Bertz CT molecular complexity index is 1270. The predicted octanol–water partition coefficient (Wildman–Crippen LogP) is 5.33. The first-order valence-electron chi connectivity index (χ1n) is 10.4. The summed E-state index contributed by atoms with van der Waals surface area (Å²) in [4.78, 5) is 27.7. The van der Waals surface area contributed by atoms with Gasteiger partial charge in [-0.15, -0.1) is 0 Å². The number of carbonyl (C=O) groups excluding carboxylic acids is 2. The standard InChI is InChI=1S/C26H19BrFN3O2S/c27-19-8-6-17(7-9-19)14-23-25(33)31(21-12-10-20(28)11-13-21)26(34-23)22(15-29)24(32)30-16-18-4-2-1-3-5-18/h1-13,23H,14,16H2,(H,30,32)/b26-22-. The van der Waals surface area contributed by atoms with E-state index in [-0.39, 0.29) is 23.1 Å². The fourth-order valence-electron chi connectivity index (χ4n) is 3.51. The highest BCUT2D eigenvalue weighted by molar-refractivity contribution is 9.10. The van der Waals surface area contributed by atoms with E-state index in [0.29, 0.717) is 12.1 Å². The number of rotatable bonds is 6. The summed E-state index contributed by atoms with van der Waals surface area (Å²) < 4.78 is 14.5. The SMILES string of the molecule is N#C/C(C(=O)NCc1ccccc1)=C1/SC(Cc2ccc(Br)cc2)C(=O)N1c1ccc(F)cc1. The molecule has 5 nitrogen and oxygen atoms in total. The van der Waals surface area contributed by atoms with Crippen LogP contribution in [0.25, 0.3) is 0 Å². The fraction of sp³-hybridized carbons (Fsp3) is 0.115. The van der Waals surface area contributed by atoms with Crippen molar-refractivity contribution in [2.75, 3.05) is 4.90 Å².